The van der Waals surface area contributed by atoms with Crippen molar-refractivity contribution in [2.45, 2.75) is 31.1 Å². The average molecular weight is 274 g/mol. The molecule has 0 bridgehead atoms. The van der Waals surface area contributed by atoms with Gasteiger partial charge >= 0.3 is 0 Å². The molecule has 0 aliphatic rings. The summed E-state index contributed by atoms with van der Waals surface area (Å²) >= 11 is 7.90. The van der Waals surface area contributed by atoms with Crippen molar-refractivity contribution in [1.29, 1.82) is 0 Å². The van der Waals surface area contributed by atoms with Gasteiger partial charge in [-0.25, -0.2) is 0 Å². The normalized spacial score (nSPS) is 14.6. The number of thioether (sulfide) groups is 1. The van der Waals surface area contributed by atoms with Crippen molar-refractivity contribution in [3.8, 4) is 0 Å². The third-order valence-corrected chi connectivity index (χ3v) is 4.12. The molecule has 2 nitrogen and oxygen atoms in total. The Kier molecular flexibility index (Phi) is 6.34. The largest absolute Gasteiger partial charge is 0.389 e. The highest BCUT2D eigenvalue weighted by Gasteiger charge is 2.16. The molecule has 0 spiro atoms. The van der Waals surface area contributed by atoms with Crippen LogP contribution in [0, 0.1) is 0 Å². The molecule has 1 unspecified atom stereocenters. The minimum absolute atomic E-state index is 0.322. The van der Waals surface area contributed by atoms with Crippen LogP contribution in [0.25, 0.3) is 0 Å². The van der Waals surface area contributed by atoms with Gasteiger partial charge in [0.25, 0.3) is 0 Å². The van der Waals surface area contributed by atoms with Gasteiger partial charge in [-0.2, -0.15) is 11.8 Å². The second-order valence-electron chi connectivity index (χ2n) is 4.45. The number of hydrogen-bond acceptors (Lipinski definition) is 3. The lowest BCUT2D eigenvalue weighted by Crippen LogP contribution is -2.34. The Balaban J connectivity index is 2.19. The van der Waals surface area contributed by atoms with Gasteiger partial charge in [0.15, 0.2) is 0 Å². The van der Waals surface area contributed by atoms with Crippen molar-refractivity contribution in [2.24, 2.45) is 5.73 Å². The molecule has 96 valence electrons. The molecule has 0 saturated heterocycles. The standard InChI is InChI=1S/C13H20ClNOS/c1-13(16,10-15)7-4-8-17-9-11-5-2-3-6-12(11)14/h2-3,5-6,16H,4,7-10,15H2,1H3. The Morgan fingerprint density at radius 3 is 2.76 bits per heavy atom. The van der Waals surface area contributed by atoms with Crippen LogP contribution in [0.4, 0.5) is 0 Å². The molecule has 4 heteroatoms. The Hall–Kier alpha value is -0.220. The number of nitrogens with two attached hydrogens (primary N) is 1. The number of rotatable bonds is 7. The lowest BCUT2D eigenvalue weighted by atomic mass is 10.0. The molecular weight excluding hydrogens is 254 g/mol. The fourth-order valence-electron chi connectivity index (χ4n) is 1.45. The van der Waals surface area contributed by atoms with Crippen molar-refractivity contribution >= 4 is 23.4 Å². The summed E-state index contributed by atoms with van der Waals surface area (Å²) in [5, 5.41) is 10.6. The summed E-state index contributed by atoms with van der Waals surface area (Å²) in [5.41, 5.74) is 5.91. The number of hydrogen-bond donors (Lipinski definition) is 2. The van der Waals surface area contributed by atoms with E-state index in [4.69, 9.17) is 17.3 Å². The van der Waals surface area contributed by atoms with E-state index < -0.39 is 5.60 Å². The van der Waals surface area contributed by atoms with Gasteiger partial charge in [-0.05, 0) is 37.1 Å². The SMILES string of the molecule is CC(O)(CN)CCCSCc1ccccc1Cl. The molecule has 1 aromatic rings. The van der Waals surface area contributed by atoms with Crippen LogP contribution < -0.4 is 5.73 Å². The first kappa shape index (κ1) is 14.8. The smallest absolute Gasteiger partial charge is 0.0741 e. The zero-order valence-corrected chi connectivity index (χ0v) is 11.7. The van der Waals surface area contributed by atoms with E-state index in [1.165, 1.54) is 5.56 Å². The van der Waals surface area contributed by atoms with Crippen molar-refractivity contribution in [3.05, 3.63) is 34.9 Å². The Bertz CT molecular complexity index is 344. The average Bonchev–Trinajstić information content (AvgIpc) is 2.31. The van der Waals surface area contributed by atoms with E-state index in [1.54, 1.807) is 6.92 Å². The van der Waals surface area contributed by atoms with E-state index in [9.17, 15) is 5.11 Å². The Morgan fingerprint density at radius 1 is 1.41 bits per heavy atom. The zero-order chi connectivity index (χ0) is 12.7. The monoisotopic (exact) mass is 273 g/mol. The number of aliphatic hydroxyl groups is 1. The fourth-order valence-corrected chi connectivity index (χ4v) is 2.70. The van der Waals surface area contributed by atoms with E-state index in [0.29, 0.717) is 6.54 Å². The van der Waals surface area contributed by atoms with Crippen molar-refractivity contribution in [2.75, 3.05) is 12.3 Å². The van der Waals surface area contributed by atoms with Crippen LogP contribution >= 0.6 is 23.4 Å². The molecule has 0 saturated carbocycles. The predicted octanol–water partition coefficient (Wildman–Crippen LogP) is 3.06. The maximum absolute atomic E-state index is 9.73. The minimum atomic E-state index is -0.717. The van der Waals surface area contributed by atoms with Gasteiger partial charge in [0.05, 0.1) is 5.60 Å². The van der Waals surface area contributed by atoms with Crippen LogP contribution in [-0.4, -0.2) is 23.0 Å². The highest BCUT2D eigenvalue weighted by Crippen LogP contribution is 2.22. The molecule has 1 atom stereocenters. The van der Waals surface area contributed by atoms with Gasteiger partial charge in [-0.15, -0.1) is 0 Å². The highest BCUT2D eigenvalue weighted by molar-refractivity contribution is 7.98. The quantitative estimate of drug-likeness (QED) is 0.751. The summed E-state index contributed by atoms with van der Waals surface area (Å²) < 4.78 is 0. The van der Waals surface area contributed by atoms with Crippen LogP contribution in [0.2, 0.25) is 5.02 Å². The molecule has 1 aromatic carbocycles. The Morgan fingerprint density at radius 2 is 2.12 bits per heavy atom. The third kappa shape index (κ3) is 5.77. The maximum atomic E-state index is 9.73. The molecule has 0 heterocycles. The van der Waals surface area contributed by atoms with E-state index in [2.05, 4.69) is 0 Å². The summed E-state index contributed by atoms with van der Waals surface area (Å²) in [6, 6.07) is 7.90. The fraction of sp³-hybridized carbons (Fsp3) is 0.538. The van der Waals surface area contributed by atoms with Crippen LogP contribution in [0.3, 0.4) is 0 Å². The second-order valence-corrected chi connectivity index (χ2v) is 5.96. The van der Waals surface area contributed by atoms with Crippen LogP contribution in [0.5, 0.6) is 0 Å². The first-order valence-corrected chi connectivity index (χ1v) is 7.32. The summed E-state index contributed by atoms with van der Waals surface area (Å²) in [6.45, 7) is 2.11. The van der Waals surface area contributed by atoms with Gasteiger partial charge in [-0.1, -0.05) is 29.8 Å². The summed E-state index contributed by atoms with van der Waals surface area (Å²) in [6.07, 6.45) is 1.72. The third-order valence-electron chi connectivity index (χ3n) is 2.66. The first-order valence-electron chi connectivity index (χ1n) is 5.79. The molecule has 3 N–H and O–H groups in total. The number of halogens is 1. The van der Waals surface area contributed by atoms with Crippen LogP contribution in [0.1, 0.15) is 25.3 Å². The van der Waals surface area contributed by atoms with Gasteiger partial charge in [-0.3, -0.25) is 0 Å². The summed E-state index contributed by atoms with van der Waals surface area (Å²) in [7, 11) is 0. The molecule has 0 radical (unpaired) electrons. The van der Waals surface area contributed by atoms with Crippen molar-refractivity contribution in [3.63, 3.8) is 0 Å². The van der Waals surface area contributed by atoms with Crippen molar-refractivity contribution in [1.82, 2.24) is 0 Å². The second kappa shape index (κ2) is 7.27. The first-order chi connectivity index (χ1) is 8.05. The molecule has 1 rings (SSSR count). The van der Waals surface area contributed by atoms with Gasteiger partial charge in [0, 0.05) is 17.3 Å². The molecule has 0 aliphatic heterocycles. The van der Waals surface area contributed by atoms with E-state index in [-0.39, 0.29) is 0 Å². The Labute approximate surface area is 113 Å². The van der Waals surface area contributed by atoms with Gasteiger partial charge in [0.2, 0.25) is 0 Å². The lowest BCUT2D eigenvalue weighted by molar-refractivity contribution is 0.0596. The maximum Gasteiger partial charge on any atom is 0.0741 e. The summed E-state index contributed by atoms with van der Waals surface area (Å²) in [4.78, 5) is 0. The molecule has 0 aromatic heterocycles. The number of benzene rings is 1. The predicted molar refractivity (Wildman–Crippen MR) is 76.5 cm³/mol. The van der Waals surface area contributed by atoms with E-state index in [1.807, 2.05) is 36.0 Å². The van der Waals surface area contributed by atoms with Crippen LogP contribution in [0.15, 0.2) is 24.3 Å². The minimum Gasteiger partial charge on any atom is -0.389 e. The molecular formula is C13H20ClNOS. The lowest BCUT2D eigenvalue weighted by Gasteiger charge is -2.20. The molecule has 0 fully saturated rings. The highest BCUT2D eigenvalue weighted by atomic mass is 35.5. The van der Waals surface area contributed by atoms with Crippen molar-refractivity contribution < 1.29 is 5.11 Å². The van der Waals surface area contributed by atoms with Gasteiger partial charge in [0.1, 0.15) is 0 Å². The zero-order valence-electron chi connectivity index (χ0n) is 10.2. The van der Waals surface area contributed by atoms with E-state index in [0.717, 1.165) is 29.4 Å². The van der Waals surface area contributed by atoms with E-state index >= 15 is 0 Å². The summed E-state index contributed by atoms with van der Waals surface area (Å²) in [5.74, 6) is 1.94. The van der Waals surface area contributed by atoms with Gasteiger partial charge < -0.3 is 10.8 Å². The molecule has 0 aliphatic carbocycles. The van der Waals surface area contributed by atoms with Crippen LogP contribution in [-0.2, 0) is 5.75 Å². The molecule has 0 amide bonds. The molecule has 17 heavy (non-hydrogen) atoms. The topological polar surface area (TPSA) is 46.2 Å².